The Morgan fingerprint density at radius 1 is 0.830 bits per heavy atom. The maximum Gasteiger partial charge on any atom is 0.253 e. The maximum absolute atomic E-state index is 13.5. The van der Waals surface area contributed by atoms with Crippen molar-refractivity contribution in [2.75, 3.05) is 13.1 Å². The Hall–Kier alpha value is -4.37. The second-order valence-corrected chi connectivity index (χ2v) is 12.9. The molecule has 11 heteroatoms. The fourth-order valence-electron chi connectivity index (χ4n) is 5.46. The molecule has 4 atom stereocenters. The van der Waals surface area contributed by atoms with Crippen molar-refractivity contribution in [3.8, 4) is 0 Å². The SMILES string of the molecule is CCCN(CCC)C(=O)c1cccc(C(=O)N[C@@H](CC(C)C)[C@H](C[C@@H](C)C(=O)N[C@H](C(=O)NCc2ccccc2)C(C)C)N=[N+]=[N-])c1. The second kappa shape index (κ2) is 20.0. The highest BCUT2D eigenvalue weighted by Gasteiger charge is 2.31. The number of nitrogens with zero attached hydrogens (tertiary/aromatic N) is 4. The third kappa shape index (κ3) is 12.7. The summed E-state index contributed by atoms with van der Waals surface area (Å²) in [6.07, 6.45) is 2.32. The highest BCUT2D eigenvalue weighted by molar-refractivity contribution is 5.99. The number of hydrogen-bond acceptors (Lipinski definition) is 5. The molecule has 0 bridgehead atoms. The average Bonchev–Trinajstić information content (AvgIpc) is 3.05. The summed E-state index contributed by atoms with van der Waals surface area (Å²) in [4.78, 5) is 57.9. The van der Waals surface area contributed by atoms with Gasteiger partial charge in [-0.1, -0.05) is 90.0 Å². The van der Waals surface area contributed by atoms with Crippen LogP contribution in [0, 0.1) is 17.8 Å². The Morgan fingerprint density at radius 2 is 1.47 bits per heavy atom. The molecule has 0 spiro atoms. The highest BCUT2D eigenvalue weighted by atomic mass is 16.2. The molecule has 2 rings (SSSR count). The first-order chi connectivity index (χ1) is 22.4. The lowest BCUT2D eigenvalue weighted by atomic mass is 9.90. The van der Waals surface area contributed by atoms with E-state index in [2.05, 4.69) is 26.0 Å². The number of rotatable bonds is 19. The summed E-state index contributed by atoms with van der Waals surface area (Å²) in [5.41, 5.74) is 11.2. The first-order valence-electron chi connectivity index (χ1n) is 16.8. The first kappa shape index (κ1) is 38.8. The number of hydrogen-bond donors (Lipinski definition) is 3. The zero-order chi connectivity index (χ0) is 34.9. The van der Waals surface area contributed by atoms with Gasteiger partial charge in [0, 0.05) is 47.6 Å². The Bertz CT molecular complexity index is 1350. The minimum Gasteiger partial charge on any atom is -0.350 e. The summed E-state index contributed by atoms with van der Waals surface area (Å²) in [5, 5.41) is 12.8. The second-order valence-electron chi connectivity index (χ2n) is 12.9. The number of carbonyl (C=O) groups excluding carboxylic acids is 4. The van der Waals surface area contributed by atoms with E-state index in [1.54, 1.807) is 36.1 Å². The number of carbonyl (C=O) groups is 4. The van der Waals surface area contributed by atoms with Gasteiger partial charge >= 0.3 is 0 Å². The van der Waals surface area contributed by atoms with Gasteiger partial charge in [0.2, 0.25) is 11.8 Å². The van der Waals surface area contributed by atoms with E-state index in [9.17, 15) is 24.7 Å². The van der Waals surface area contributed by atoms with E-state index in [1.165, 1.54) is 0 Å². The fourth-order valence-corrected chi connectivity index (χ4v) is 5.46. The van der Waals surface area contributed by atoms with Crippen LogP contribution >= 0.6 is 0 Å². The first-order valence-corrected chi connectivity index (χ1v) is 16.8. The van der Waals surface area contributed by atoms with Crippen LogP contribution in [-0.2, 0) is 16.1 Å². The third-order valence-electron chi connectivity index (χ3n) is 7.95. The molecule has 3 N–H and O–H groups in total. The van der Waals surface area contributed by atoms with Crippen LogP contribution in [0.5, 0.6) is 0 Å². The van der Waals surface area contributed by atoms with E-state index in [1.807, 2.05) is 71.9 Å². The van der Waals surface area contributed by atoms with E-state index in [4.69, 9.17) is 0 Å². The lowest BCUT2D eigenvalue weighted by molar-refractivity contribution is -0.132. The number of benzene rings is 2. The molecule has 0 heterocycles. The maximum atomic E-state index is 13.5. The van der Waals surface area contributed by atoms with Gasteiger partial charge in [0.1, 0.15) is 6.04 Å². The van der Waals surface area contributed by atoms with Gasteiger partial charge in [0.15, 0.2) is 0 Å². The Morgan fingerprint density at radius 3 is 2.04 bits per heavy atom. The molecule has 0 radical (unpaired) electrons. The average molecular weight is 648 g/mol. The Balaban J connectivity index is 2.18. The molecule has 0 aliphatic carbocycles. The molecule has 2 aromatic carbocycles. The van der Waals surface area contributed by atoms with Crippen molar-refractivity contribution in [3.63, 3.8) is 0 Å². The fraction of sp³-hybridized carbons (Fsp3) is 0.556. The molecule has 0 saturated heterocycles. The quantitative estimate of drug-likeness (QED) is 0.0935. The minimum atomic E-state index is -0.752. The van der Waals surface area contributed by atoms with Crippen molar-refractivity contribution in [2.24, 2.45) is 22.9 Å². The summed E-state index contributed by atoms with van der Waals surface area (Å²) in [6.45, 7) is 15.1. The van der Waals surface area contributed by atoms with Crippen LogP contribution in [0.25, 0.3) is 10.4 Å². The van der Waals surface area contributed by atoms with Crippen LogP contribution in [0.15, 0.2) is 59.7 Å². The number of amides is 4. The highest BCUT2D eigenvalue weighted by Crippen LogP contribution is 2.20. The predicted molar refractivity (Wildman–Crippen MR) is 185 cm³/mol. The van der Waals surface area contributed by atoms with Crippen molar-refractivity contribution >= 4 is 23.6 Å². The van der Waals surface area contributed by atoms with Gasteiger partial charge in [0.05, 0.1) is 6.04 Å². The van der Waals surface area contributed by atoms with Crippen molar-refractivity contribution in [1.29, 1.82) is 0 Å². The van der Waals surface area contributed by atoms with Crippen molar-refractivity contribution in [2.45, 2.75) is 98.8 Å². The van der Waals surface area contributed by atoms with Crippen molar-refractivity contribution < 1.29 is 19.2 Å². The van der Waals surface area contributed by atoms with Crippen LogP contribution in [0.2, 0.25) is 0 Å². The smallest absolute Gasteiger partial charge is 0.253 e. The van der Waals surface area contributed by atoms with Crippen LogP contribution in [-0.4, -0.2) is 59.7 Å². The molecule has 47 heavy (non-hydrogen) atoms. The molecule has 2 aromatic rings. The largest absolute Gasteiger partial charge is 0.350 e. The molecule has 0 aliphatic heterocycles. The van der Waals surface area contributed by atoms with Crippen LogP contribution in [0.1, 0.15) is 100 Å². The van der Waals surface area contributed by atoms with Gasteiger partial charge in [-0.05, 0) is 66.8 Å². The number of azide groups is 1. The molecule has 0 aliphatic rings. The summed E-state index contributed by atoms with van der Waals surface area (Å²) in [5.74, 6) is -1.79. The van der Waals surface area contributed by atoms with E-state index >= 15 is 0 Å². The standard InChI is InChI=1S/C36H53N7O4/c1-8-18-43(19-9-2)36(47)29-17-13-16-28(22-29)34(45)39-30(20-24(3)4)31(41-42-37)21-26(7)33(44)40-32(25(5)6)35(46)38-23-27-14-11-10-12-15-27/h10-17,22,24-26,30-32H,8-9,18-21,23H2,1-7H3,(H,38,46)(H,39,45)(H,40,44)/t26-,30+,31+,32+/m1/s1. The summed E-state index contributed by atoms with van der Waals surface area (Å²) >= 11 is 0. The zero-order valence-electron chi connectivity index (χ0n) is 29.0. The normalized spacial score (nSPS) is 13.6. The van der Waals surface area contributed by atoms with E-state index in [-0.39, 0.29) is 36.0 Å². The topological polar surface area (TPSA) is 156 Å². The van der Waals surface area contributed by atoms with Crippen molar-refractivity contribution in [3.05, 3.63) is 81.7 Å². The predicted octanol–water partition coefficient (Wildman–Crippen LogP) is 6.26. The monoisotopic (exact) mass is 647 g/mol. The van der Waals surface area contributed by atoms with Gasteiger partial charge in [-0.2, -0.15) is 0 Å². The van der Waals surface area contributed by atoms with Crippen LogP contribution < -0.4 is 16.0 Å². The Labute approximate surface area is 279 Å². The van der Waals surface area contributed by atoms with Gasteiger partial charge in [-0.3, -0.25) is 19.2 Å². The third-order valence-corrected chi connectivity index (χ3v) is 7.95. The number of nitrogens with one attached hydrogen (secondary N) is 3. The molecule has 0 saturated carbocycles. The van der Waals surface area contributed by atoms with E-state index < -0.39 is 30.0 Å². The molecule has 0 unspecified atom stereocenters. The Kier molecular flexibility index (Phi) is 16.5. The van der Waals surface area contributed by atoms with E-state index in [0.29, 0.717) is 37.2 Å². The lowest BCUT2D eigenvalue weighted by Crippen LogP contribution is -2.51. The lowest BCUT2D eigenvalue weighted by Gasteiger charge is -2.29. The molecule has 4 amide bonds. The summed E-state index contributed by atoms with van der Waals surface area (Å²) in [7, 11) is 0. The van der Waals surface area contributed by atoms with Gasteiger partial charge in [0.25, 0.3) is 11.8 Å². The molecule has 0 fully saturated rings. The van der Waals surface area contributed by atoms with Gasteiger partial charge < -0.3 is 20.9 Å². The molecule has 256 valence electrons. The molecule has 0 aromatic heterocycles. The molecular formula is C36H53N7O4. The molecular weight excluding hydrogens is 594 g/mol. The van der Waals surface area contributed by atoms with Crippen molar-refractivity contribution in [1.82, 2.24) is 20.9 Å². The summed E-state index contributed by atoms with van der Waals surface area (Å²) in [6, 6.07) is 14.1. The minimum absolute atomic E-state index is 0.123. The van der Waals surface area contributed by atoms with Gasteiger partial charge in [-0.25, -0.2) is 0 Å². The van der Waals surface area contributed by atoms with E-state index in [0.717, 1.165) is 18.4 Å². The van der Waals surface area contributed by atoms with Crippen LogP contribution in [0.4, 0.5) is 0 Å². The van der Waals surface area contributed by atoms with Gasteiger partial charge in [-0.15, -0.1) is 0 Å². The van der Waals surface area contributed by atoms with Crippen LogP contribution in [0.3, 0.4) is 0 Å². The zero-order valence-corrected chi connectivity index (χ0v) is 29.0. The summed E-state index contributed by atoms with van der Waals surface area (Å²) < 4.78 is 0. The molecule has 11 nitrogen and oxygen atoms in total.